The van der Waals surface area contributed by atoms with Gasteiger partial charge in [0.15, 0.2) is 11.7 Å². The first kappa shape index (κ1) is 18.9. The first-order chi connectivity index (χ1) is 12.6. The third kappa shape index (κ3) is 5.29. The van der Waals surface area contributed by atoms with Crippen LogP contribution in [0.1, 0.15) is 55.8 Å². The number of ketones is 1. The van der Waals surface area contributed by atoms with E-state index in [1.165, 1.54) is 12.8 Å². The van der Waals surface area contributed by atoms with Crippen molar-refractivity contribution < 1.29 is 9.53 Å². The monoisotopic (exact) mass is 358 g/mol. The molecule has 1 saturated carbocycles. The van der Waals surface area contributed by atoms with E-state index in [0.717, 1.165) is 38.0 Å². The van der Waals surface area contributed by atoms with Crippen LogP contribution in [0.3, 0.4) is 0 Å². The van der Waals surface area contributed by atoms with Crippen LogP contribution in [0.2, 0.25) is 0 Å². The molecular formula is C20H30N4O2. The summed E-state index contributed by atoms with van der Waals surface area (Å²) >= 11 is 0. The van der Waals surface area contributed by atoms with Gasteiger partial charge >= 0.3 is 0 Å². The van der Waals surface area contributed by atoms with E-state index >= 15 is 0 Å². The summed E-state index contributed by atoms with van der Waals surface area (Å²) in [4.78, 5) is 16.4. The summed E-state index contributed by atoms with van der Waals surface area (Å²) in [6.45, 7) is 3.03. The highest BCUT2D eigenvalue weighted by molar-refractivity contribution is 5.98. The van der Waals surface area contributed by atoms with Crippen LogP contribution in [0.5, 0.6) is 0 Å². The number of ether oxygens (including phenoxy) is 1. The summed E-state index contributed by atoms with van der Waals surface area (Å²) in [5, 5.41) is 6.84. The summed E-state index contributed by atoms with van der Waals surface area (Å²) in [5.41, 5.74) is 7.82. The molecule has 0 aromatic heterocycles. The molecule has 0 bridgehead atoms. The molecule has 1 saturated heterocycles. The highest BCUT2D eigenvalue weighted by Crippen LogP contribution is 2.18. The van der Waals surface area contributed by atoms with Crippen LogP contribution in [0, 0.1) is 0 Å². The number of nitrogens with two attached hydrogens (primary N) is 1. The van der Waals surface area contributed by atoms with Gasteiger partial charge < -0.3 is 21.1 Å². The zero-order valence-corrected chi connectivity index (χ0v) is 15.5. The number of nitrogens with one attached hydrogen (secondary N) is 2. The molecule has 6 heteroatoms. The Labute approximate surface area is 155 Å². The Morgan fingerprint density at radius 2 is 2.12 bits per heavy atom. The quantitative estimate of drug-likeness (QED) is 0.428. The van der Waals surface area contributed by atoms with Gasteiger partial charge in [0.05, 0.1) is 12.6 Å². The first-order valence-electron chi connectivity index (χ1n) is 9.68. The molecule has 4 N–H and O–H groups in total. The average Bonchev–Trinajstić information content (AvgIpc) is 3.15. The lowest BCUT2D eigenvalue weighted by atomic mass is 9.91. The van der Waals surface area contributed by atoms with Gasteiger partial charge in [0.25, 0.3) is 0 Å². The highest BCUT2D eigenvalue weighted by Gasteiger charge is 2.23. The summed E-state index contributed by atoms with van der Waals surface area (Å²) < 4.78 is 5.68. The third-order valence-corrected chi connectivity index (χ3v) is 5.15. The van der Waals surface area contributed by atoms with Crippen molar-refractivity contribution in [1.29, 1.82) is 0 Å². The Morgan fingerprint density at radius 1 is 1.27 bits per heavy atom. The number of carbonyl (C=O) groups is 1. The summed E-state index contributed by atoms with van der Waals surface area (Å²) in [7, 11) is 0. The number of hydrogen-bond acceptors (Lipinski definition) is 4. The van der Waals surface area contributed by atoms with Gasteiger partial charge in [-0.15, -0.1) is 0 Å². The maximum absolute atomic E-state index is 11.6. The molecule has 2 aliphatic rings. The molecule has 3 rings (SSSR count). The second kappa shape index (κ2) is 9.14. The largest absolute Gasteiger partial charge is 0.376 e. The van der Waals surface area contributed by atoms with E-state index in [0.29, 0.717) is 18.1 Å². The molecular weight excluding hydrogens is 328 g/mol. The fourth-order valence-corrected chi connectivity index (χ4v) is 3.57. The fraction of sp³-hybridized carbons (Fsp3) is 0.600. The van der Waals surface area contributed by atoms with Crippen molar-refractivity contribution in [2.24, 2.45) is 10.7 Å². The van der Waals surface area contributed by atoms with E-state index in [-0.39, 0.29) is 24.0 Å². The number of nitrogens with zero attached hydrogens (tertiary/aromatic N) is 1. The zero-order chi connectivity index (χ0) is 18.4. The van der Waals surface area contributed by atoms with E-state index in [4.69, 9.17) is 15.5 Å². The molecule has 2 fully saturated rings. The third-order valence-electron chi connectivity index (χ3n) is 5.15. The topological polar surface area (TPSA) is 88.7 Å². The minimum atomic E-state index is 0.0498. The van der Waals surface area contributed by atoms with Crippen molar-refractivity contribution in [3.05, 3.63) is 29.8 Å². The van der Waals surface area contributed by atoms with E-state index < -0.39 is 0 Å². The van der Waals surface area contributed by atoms with Crippen LogP contribution in [0.25, 0.3) is 0 Å². The highest BCUT2D eigenvalue weighted by atomic mass is 16.5. The summed E-state index contributed by atoms with van der Waals surface area (Å²) in [5.74, 6) is 0.761. The maximum Gasteiger partial charge on any atom is 0.196 e. The molecule has 1 aromatic rings. The molecule has 0 spiro atoms. The SMILES string of the molecule is CC(=O)c1cccc(NC(=NCC2CCCO2)N[C@H]2CCCC[C@@H]2N)c1. The van der Waals surface area contributed by atoms with Gasteiger partial charge in [0.1, 0.15) is 0 Å². The average molecular weight is 358 g/mol. The zero-order valence-electron chi connectivity index (χ0n) is 15.5. The Kier molecular flexibility index (Phi) is 6.63. The van der Waals surface area contributed by atoms with Crippen LogP contribution < -0.4 is 16.4 Å². The maximum atomic E-state index is 11.6. The minimum Gasteiger partial charge on any atom is -0.376 e. The number of benzene rings is 1. The van der Waals surface area contributed by atoms with Crippen molar-refractivity contribution in [1.82, 2.24) is 5.32 Å². The van der Waals surface area contributed by atoms with E-state index in [1.807, 2.05) is 24.3 Å². The Bertz CT molecular complexity index is 640. The van der Waals surface area contributed by atoms with Gasteiger partial charge in [-0.1, -0.05) is 25.0 Å². The predicted molar refractivity (Wildman–Crippen MR) is 105 cm³/mol. The molecule has 142 valence electrons. The fourth-order valence-electron chi connectivity index (χ4n) is 3.57. The second-order valence-corrected chi connectivity index (χ2v) is 7.29. The predicted octanol–water partition coefficient (Wildman–Crippen LogP) is 2.70. The molecule has 3 atom stereocenters. The molecule has 1 aliphatic heterocycles. The molecule has 1 heterocycles. The van der Waals surface area contributed by atoms with Crippen LogP contribution in [-0.4, -0.2) is 43.1 Å². The number of aliphatic imine (C=N–C) groups is 1. The molecule has 0 radical (unpaired) electrons. The normalized spacial score (nSPS) is 26.5. The summed E-state index contributed by atoms with van der Waals surface area (Å²) in [6.07, 6.45) is 6.81. The number of rotatable bonds is 5. The molecule has 0 amide bonds. The Hall–Kier alpha value is -1.92. The van der Waals surface area contributed by atoms with E-state index in [1.54, 1.807) is 6.92 Å². The molecule has 26 heavy (non-hydrogen) atoms. The number of hydrogen-bond donors (Lipinski definition) is 3. The van der Waals surface area contributed by atoms with Crippen LogP contribution >= 0.6 is 0 Å². The van der Waals surface area contributed by atoms with Gasteiger partial charge in [0.2, 0.25) is 0 Å². The molecule has 1 aromatic carbocycles. The molecule has 1 aliphatic carbocycles. The van der Waals surface area contributed by atoms with E-state index in [2.05, 4.69) is 10.6 Å². The lowest BCUT2D eigenvalue weighted by Gasteiger charge is -2.30. The van der Waals surface area contributed by atoms with Crippen molar-refractivity contribution in [2.75, 3.05) is 18.5 Å². The van der Waals surface area contributed by atoms with Crippen LogP contribution in [0.15, 0.2) is 29.3 Å². The van der Waals surface area contributed by atoms with Crippen LogP contribution in [-0.2, 0) is 4.74 Å². The van der Waals surface area contributed by atoms with Crippen molar-refractivity contribution in [2.45, 2.75) is 63.6 Å². The number of Topliss-reactive ketones (excluding diaryl/α,β-unsaturated/α-hetero) is 1. The standard InChI is InChI=1S/C20H30N4O2/c1-14(25)15-6-4-7-16(12-15)23-20(22-13-17-8-5-11-26-17)24-19-10-3-2-9-18(19)21/h4,6-7,12,17-19H,2-3,5,8-11,13,21H2,1H3,(H2,22,23,24)/t17?,18-,19-/m0/s1. The Morgan fingerprint density at radius 3 is 2.85 bits per heavy atom. The van der Waals surface area contributed by atoms with E-state index in [9.17, 15) is 4.79 Å². The summed E-state index contributed by atoms with van der Waals surface area (Å²) in [6, 6.07) is 7.85. The van der Waals surface area contributed by atoms with Gasteiger partial charge in [-0.05, 0) is 44.7 Å². The van der Waals surface area contributed by atoms with Crippen molar-refractivity contribution >= 4 is 17.4 Å². The minimum absolute atomic E-state index is 0.0498. The molecule has 6 nitrogen and oxygen atoms in total. The lowest BCUT2D eigenvalue weighted by Crippen LogP contribution is -2.51. The second-order valence-electron chi connectivity index (χ2n) is 7.29. The van der Waals surface area contributed by atoms with Crippen molar-refractivity contribution in [3.8, 4) is 0 Å². The molecule has 1 unspecified atom stereocenters. The number of anilines is 1. The smallest absolute Gasteiger partial charge is 0.196 e. The van der Waals surface area contributed by atoms with Gasteiger partial charge in [0, 0.05) is 29.9 Å². The Balaban J connectivity index is 1.71. The van der Waals surface area contributed by atoms with Gasteiger partial charge in [-0.25, -0.2) is 0 Å². The van der Waals surface area contributed by atoms with Gasteiger partial charge in [-0.2, -0.15) is 0 Å². The van der Waals surface area contributed by atoms with Crippen LogP contribution in [0.4, 0.5) is 5.69 Å². The number of carbonyl (C=O) groups excluding carboxylic acids is 1. The lowest BCUT2D eigenvalue weighted by molar-refractivity contribution is 0.101. The number of guanidine groups is 1. The van der Waals surface area contributed by atoms with Gasteiger partial charge in [-0.3, -0.25) is 9.79 Å². The van der Waals surface area contributed by atoms with Crippen molar-refractivity contribution in [3.63, 3.8) is 0 Å². The first-order valence-corrected chi connectivity index (χ1v) is 9.68.